The summed E-state index contributed by atoms with van der Waals surface area (Å²) in [6.07, 6.45) is 0. The zero-order chi connectivity index (χ0) is 10.1. The Balaban J connectivity index is 2.78. The fourth-order valence-corrected chi connectivity index (χ4v) is 2.16. The molecule has 2 aromatic rings. The van der Waals surface area contributed by atoms with Gasteiger partial charge < -0.3 is 0 Å². The molecule has 68 valence electrons. The number of benzene rings is 2. The normalized spacial score (nSPS) is 10.1. The maximum absolute atomic E-state index is 8.76. The van der Waals surface area contributed by atoms with Crippen LogP contribution >= 0.6 is 38.5 Å². The maximum Gasteiger partial charge on any atom is 0.0991 e. The molecule has 0 aliphatic rings. The van der Waals surface area contributed by atoms with E-state index in [4.69, 9.17) is 5.26 Å². The monoisotopic (exact) mass is 357 g/mol. The molecule has 0 atom stereocenters. The first kappa shape index (κ1) is 9.94. The van der Waals surface area contributed by atoms with E-state index in [1.54, 1.807) is 0 Å². The van der Waals surface area contributed by atoms with Gasteiger partial charge in [0.2, 0.25) is 0 Å². The van der Waals surface area contributed by atoms with Crippen molar-refractivity contribution in [2.24, 2.45) is 0 Å². The first-order valence-electron chi connectivity index (χ1n) is 3.99. The number of halogens is 2. The van der Waals surface area contributed by atoms with E-state index < -0.39 is 0 Å². The molecule has 3 heteroatoms. The lowest BCUT2D eigenvalue weighted by Crippen LogP contribution is -1.80. The summed E-state index contributed by atoms with van der Waals surface area (Å²) in [6.45, 7) is 0. The lowest BCUT2D eigenvalue weighted by atomic mass is 10.1. The molecule has 0 spiro atoms. The van der Waals surface area contributed by atoms with Gasteiger partial charge in [0.25, 0.3) is 0 Å². The number of nitrogens with zero attached hydrogens (tertiary/aromatic N) is 1. The van der Waals surface area contributed by atoms with Crippen LogP contribution in [0.15, 0.2) is 34.8 Å². The highest BCUT2D eigenvalue weighted by Crippen LogP contribution is 2.26. The van der Waals surface area contributed by atoms with Gasteiger partial charge in [0.15, 0.2) is 0 Å². The highest BCUT2D eigenvalue weighted by molar-refractivity contribution is 14.1. The molecule has 2 aromatic carbocycles. The fraction of sp³-hybridized carbons (Fsp3) is 0. The third kappa shape index (κ3) is 1.77. The van der Waals surface area contributed by atoms with Crippen LogP contribution in [0.4, 0.5) is 0 Å². The summed E-state index contributed by atoms with van der Waals surface area (Å²) in [5, 5.41) is 11.0. The van der Waals surface area contributed by atoms with Gasteiger partial charge in [-0.1, -0.05) is 6.07 Å². The minimum absolute atomic E-state index is 0.700. The average Bonchev–Trinajstić information content (AvgIpc) is 2.19. The molecule has 0 saturated carbocycles. The van der Waals surface area contributed by atoms with Crippen molar-refractivity contribution in [3.8, 4) is 6.07 Å². The van der Waals surface area contributed by atoms with E-state index in [0.717, 1.165) is 15.2 Å². The van der Waals surface area contributed by atoms with Crippen LogP contribution in [-0.2, 0) is 0 Å². The van der Waals surface area contributed by atoms with Gasteiger partial charge in [-0.2, -0.15) is 5.26 Å². The SMILES string of the molecule is N#Cc1ccc2cc(I)c(Br)cc2c1. The largest absolute Gasteiger partial charge is 0.192 e. The molecular formula is C11H5BrIN. The molecule has 0 heterocycles. The van der Waals surface area contributed by atoms with Crippen molar-refractivity contribution in [3.05, 3.63) is 43.9 Å². The summed E-state index contributed by atoms with van der Waals surface area (Å²) in [7, 11) is 0. The topological polar surface area (TPSA) is 23.8 Å². The summed E-state index contributed by atoms with van der Waals surface area (Å²) in [4.78, 5) is 0. The number of rotatable bonds is 0. The van der Waals surface area contributed by atoms with Crippen molar-refractivity contribution in [1.29, 1.82) is 5.26 Å². The Labute approximate surface area is 104 Å². The second-order valence-electron chi connectivity index (χ2n) is 2.94. The lowest BCUT2D eigenvalue weighted by molar-refractivity contribution is 1.49. The van der Waals surface area contributed by atoms with Crippen molar-refractivity contribution in [2.45, 2.75) is 0 Å². The molecule has 1 nitrogen and oxygen atoms in total. The summed E-state index contributed by atoms with van der Waals surface area (Å²) in [6, 6.07) is 12.0. The van der Waals surface area contributed by atoms with Gasteiger partial charge in [0.1, 0.15) is 0 Å². The Morgan fingerprint density at radius 3 is 2.64 bits per heavy atom. The molecule has 2 rings (SSSR count). The van der Waals surface area contributed by atoms with Crippen LogP contribution in [0, 0.1) is 14.9 Å². The Morgan fingerprint density at radius 1 is 1.14 bits per heavy atom. The molecule has 14 heavy (non-hydrogen) atoms. The van der Waals surface area contributed by atoms with E-state index in [2.05, 4.69) is 50.7 Å². The van der Waals surface area contributed by atoms with Crippen LogP contribution in [0.25, 0.3) is 10.8 Å². The van der Waals surface area contributed by atoms with Crippen LogP contribution in [0.5, 0.6) is 0 Å². The second kappa shape index (κ2) is 3.87. The maximum atomic E-state index is 8.76. The van der Waals surface area contributed by atoms with Gasteiger partial charge in [-0.25, -0.2) is 0 Å². The molecule has 0 amide bonds. The third-order valence-corrected chi connectivity index (χ3v) is 4.30. The van der Waals surface area contributed by atoms with Crippen LogP contribution < -0.4 is 0 Å². The van der Waals surface area contributed by atoms with E-state index in [1.165, 1.54) is 3.57 Å². The van der Waals surface area contributed by atoms with Crippen molar-refractivity contribution >= 4 is 49.3 Å². The Hall–Kier alpha value is -0.600. The van der Waals surface area contributed by atoms with E-state index >= 15 is 0 Å². The number of hydrogen-bond donors (Lipinski definition) is 0. The predicted octanol–water partition coefficient (Wildman–Crippen LogP) is 4.08. The van der Waals surface area contributed by atoms with Crippen molar-refractivity contribution in [2.75, 3.05) is 0 Å². The van der Waals surface area contributed by atoms with E-state index in [9.17, 15) is 0 Å². The van der Waals surface area contributed by atoms with Crippen LogP contribution in [-0.4, -0.2) is 0 Å². The molecular weight excluding hydrogens is 353 g/mol. The molecule has 0 fully saturated rings. The summed E-state index contributed by atoms with van der Waals surface area (Å²) in [5.41, 5.74) is 0.700. The van der Waals surface area contributed by atoms with Crippen LogP contribution in [0.1, 0.15) is 5.56 Å². The molecule has 0 aliphatic heterocycles. The minimum Gasteiger partial charge on any atom is -0.192 e. The average molecular weight is 358 g/mol. The number of hydrogen-bond acceptors (Lipinski definition) is 1. The lowest BCUT2D eigenvalue weighted by Gasteiger charge is -2.01. The molecule has 0 radical (unpaired) electrons. The smallest absolute Gasteiger partial charge is 0.0991 e. The highest BCUT2D eigenvalue weighted by atomic mass is 127. The van der Waals surface area contributed by atoms with Gasteiger partial charge in [0, 0.05) is 8.04 Å². The number of nitriles is 1. The molecule has 0 N–H and O–H groups in total. The zero-order valence-corrected chi connectivity index (χ0v) is 10.8. The van der Waals surface area contributed by atoms with Crippen molar-refractivity contribution in [1.82, 2.24) is 0 Å². The van der Waals surface area contributed by atoms with Gasteiger partial charge in [0.05, 0.1) is 11.6 Å². The van der Waals surface area contributed by atoms with Gasteiger partial charge in [-0.15, -0.1) is 0 Å². The Bertz CT molecular complexity index is 543. The van der Waals surface area contributed by atoms with Crippen molar-refractivity contribution in [3.63, 3.8) is 0 Å². The number of fused-ring (bicyclic) bond motifs is 1. The first-order valence-corrected chi connectivity index (χ1v) is 5.87. The van der Waals surface area contributed by atoms with E-state index in [0.29, 0.717) is 5.56 Å². The fourth-order valence-electron chi connectivity index (χ4n) is 1.31. The molecule has 0 bridgehead atoms. The summed E-state index contributed by atoms with van der Waals surface area (Å²) >= 11 is 5.75. The first-order chi connectivity index (χ1) is 6.70. The van der Waals surface area contributed by atoms with Crippen LogP contribution in [0.3, 0.4) is 0 Å². The zero-order valence-electron chi connectivity index (χ0n) is 7.09. The summed E-state index contributed by atoms with van der Waals surface area (Å²) in [5.74, 6) is 0. The molecule has 0 aliphatic carbocycles. The molecule has 0 unspecified atom stereocenters. The standard InChI is InChI=1S/C11H5BrIN/c12-10-4-9-3-7(6-14)1-2-8(9)5-11(10)13/h1-5H. The van der Waals surface area contributed by atoms with Gasteiger partial charge >= 0.3 is 0 Å². The van der Waals surface area contributed by atoms with E-state index in [1.807, 2.05) is 24.3 Å². The van der Waals surface area contributed by atoms with Crippen LogP contribution in [0.2, 0.25) is 0 Å². The summed E-state index contributed by atoms with van der Waals surface area (Å²) < 4.78 is 2.25. The minimum atomic E-state index is 0.700. The predicted molar refractivity (Wildman–Crippen MR) is 69.1 cm³/mol. The van der Waals surface area contributed by atoms with Crippen molar-refractivity contribution < 1.29 is 0 Å². The quantitative estimate of drug-likeness (QED) is 0.652. The molecule has 0 saturated heterocycles. The highest BCUT2D eigenvalue weighted by Gasteiger charge is 2.00. The van der Waals surface area contributed by atoms with E-state index in [-0.39, 0.29) is 0 Å². The Morgan fingerprint density at radius 2 is 1.93 bits per heavy atom. The van der Waals surface area contributed by atoms with Gasteiger partial charge in [-0.05, 0) is 73.6 Å². The second-order valence-corrected chi connectivity index (χ2v) is 4.96. The molecule has 0 aromatic heterocycles. The Kier molecular flexibility index (Phi) is 2.75. The van der Waals surface area contributed by atoms with Gasteiger partial charge in [-0.3, -0.25) is 0 Å². The third-order valence-electron chi connectivity index (χ3n) is 2.01.